The van der Waals surface area contributed by atoms with Crippen LogP contribution in [0.5, 0.6) is 0 Å². The summed E-state index contributed by atoms with van der Waals surface area (Å²) in [6, 6.07) is 3.89. The van der Waals surface area contributed by atoms with Gasteiger partial charge in [0, 0.05) is 45.7 Å². The number of aliphatic imine (C=N–C) groups is 1. The van der Waals surface area contributed by atoms with Crippen LogP contribution in [-0.2, 0) is 11.2 Å². The van der Waals surface area contributed by atoms with Gasteiger partial charge in [0.2, 0.25) is 0 Å². The van der Waals surface area contributed by atoms with E-state index in [1.54, 1.807) is 6.26 Å². The number of ether oxygens (including phenoxy) is 1. The van der Waals surface area contributed by atoms with E-state index in [4.69, 9.17) is 14.1 Å². The molecule has 7 nitrogen and oxygen atoms in total. The predicted molar refractivity (Wildman–Crippen MR) is 116 cm³/mol. The Labute approximate surface area is 175 Å². The highest BCUT2D eigenvalue weighted by Gasteiger charge is 2.27. The number of amides is 1. The fourth-order valence-electron chi connectivity index (χ4n) is 3.45. The van der Waals surface area contributed by atoms with Gasteiger partial charge in [-0.15, -0.1) is 0 Å². The van der Waals surface area contributed by atoms with E-state index in [1.807, 2.05) is 44.7 Å². The van der Waals surface area contributed by atoms with E-state index in [-0.39, 0.29) is 6.09 Å². The van der Waals surface area contributed by atoms with E-state index in [2.05, 4.69) is 17.1 Å². The second-order valence-electron chi connectivity index (χ2n) is 8.51. The summed E-state index contributed by atoms with van der Waals surface area (Å²) in [5.74, 6) is 2.42. The number of hydrogen-bond acceptors (Lipinski definition) is 4. The molecule has 0 spiro atoms. The van der Waals surface area contributed by atoms with Crippen molar-refractivity contribution >= 4 is 12.1 Å². The lowest BCUT2D eigenvalue weighted by molar-refractivity contribution is 0.0214. The van der Waals surface area contributed by atoms with Gasteiger partial charge in [-0.2, -0.15) is 0 Å². The molecule has 29 heavy (non-hydrogen) atoms. The molecule has 1 fully saturated rings. The largest absolute Gasteiger partial charge is 0.469 e. The fourth-order valence-corrected chi connectivity index (χ4v) is 3.45. The van der Waals surface area contributed by atoms with Crippen molar-refractivity contribution in [2.45, 2.75) is 59.5 Å². The molecule has 7 heteroatoms. The maximum Gasteiger partial charge on any atom is 0.410 e. The summed E-state index contributed by atoms with van der Waals surface area (Å²) in [6.07, 6.45) is 4.38. The quantitative estimate of drug-likeness (QED) is 0.551. The third-order valence-electron chi connectivity index (χ3n) is 4.96. The maximum atomic E-state index is 12.4. The van der Waals surface area contributed by atoms with E-state index < -0.39 is 5.60 Å². The van der Waals surface area contributed by atoms with Gasteiger partial charge in [-0.05, 0) is 65.5 Å². The first-order chi connectivity index (χ1) is 13.8. The molecule has 0 radical (unpaired) electrons. The SMILES string of the molecule is CCNC(=NCCc1ccco1)N1CCC(CN(CC)C(=O)OC(C)(C)C)CC1. The molecule has 1 N–H and O–H groups in total. The third-order valence-corrected chi connectivity index (χ3v) is 4.96. The topological polar surface area (TPSA) is 70.3 Å². The van der Waals surface area contributed by atoms with Crippen LogP contribution in [0.3, 0.4) is 0 Å². The van der Waals surface area contributed by atoms with Gasteiger partial charge in [0.05, 0.1) is 6.26 Å². The first-order valence-corrected chi connectivity index (χ1v) is 10.9. The number of rotatable bonds is 7. The zero-order valence-corrected chi connectivity index (χ0v) is 18.7. The van der Waals surface area contributed by atoms with Gasteiger partial charge in [-0.1, -0.05) is 0 Å². The van der Waals surface area contributed by atoms with Crippen molar-refractivity contribution in [1.29, 1.82) is 0 Å². The maximum absolute atomic E-state index is 12.4. The van der Waals surface area contributed by atoms with Crippen LogP contribution in [0.1, 0.15) is 53.2 Å². The zero-order valence-electron chi connectivity index (χ0n) is 18.7. The van der Waals surface area contributed by atoms with Crippen molar-refractivity contribution in [3.05, 3.63) is 24.2 Å². The second kappa shape index (κ2) is 11.1. The first-order valence-electron chi connectivity index (χ1n) is 10.9. The molecule has 1 aliphatic heterocycles. The molecule has 1 saturated heterocycles. The van der Waals surface area contributed by atoms with Gasteiger partial charge >= 0.3 is 6.09 Å². The Morgan fingerprint density at radius 1 is 1.34 bits per heavy atom. The highest BCUT2D eigenvalue weighted by atomic mass is 16.6. The summed E-state index contributed by atoms with van der Waals surface area (Å²) < 4.78 is 10.9. The van der Waals surface area contributed by atoms with Gasteiger partial charge in [0.1, 0.15) is 11.4 Å². The van der Waals surface area contributed by atoms with Gasteiger partial charge in [0.25, 0.3) is 0 Å². The summed E-state index contributed by atoms with van der Waals surface area (Å²) in [5, 5.41) is 3.40. The molecule has 2 rings (SSSR count). The van der Waals surface area contributed by atoms with Crippen LogP contribution in [-0.4, -0.2) is 66.7 Å². The highest BCUT2D eigenvalue weighted by molar-refractivity contribution is 5.80. The van der Waals surface area contributed by atoms with Crippen LogP contribution < -0.4 is 5.32 Å². The number of nitrogens with zero attached hydrogens (tertiary/aromatic N) is 3. The summed E-state index contributed by atoms with van der Waals surface area (Å²) >= 11 is 0. The van der Waals surface area contributed by atoms with Gasteiger partial charge in [-0.3, -0.25) is 4.99 Å². The van der Waals surface area contributed by atoms with E-state index in [0.29, 0.717) is 19.0 Å². The minimum Gasteiger partial charge on any atom is -0.469 e. The average molecular weight is 407 g/mol. The molecule has 1 aromatic heterocycles. The summed E-state index contributed by atoms with van der Waals surface area (Å²) in [7, 11) is 0. The molecule has 1 amide bonds. The third kappa shape index (κ3) is 7.99. The monoisotopic (exact) mass is 406 g/mol. The Morgan fingerprint density at radius 3 is 2.62 bits per heavy atom. The van der Waals surface area contributed by atoms with Gasteiger partial charge < -0.3 is 24.3 Å². The van der Waals surface area contributed by atoms with Crippen molar-refractivity contribution in [3.63, 3.8) is 0 Å². The molecule has 0 bridgehead atoms. The Kier molecular flexibility index (Phi) is 8.86. The Bertz CT molecular complexity index is 629. The molecule has 1 aromatic rings. The second-order valence-corrected chi connectivity index (χ2v) is 8.51. The van der Waals surface area contributed by atoms with Crippen molar-refractivity contribution in [3.8, 4) is 0 Å². The number of likely N-dealkylation sites (tertiary alicyclic amines) is 1. The first kappa shape index (κ1) is 23.1. The van der Waals surface area contributed by atoms with Crippen LogP contribution in [0.15, 0.2) is 27.8 Å². The van der Waals surface area contributed by atoms with E-state index in [9.17, 15) is 4.79 Å². The molecule has 0 atom stereocenters. The Hall–Kier alpha value is -2.18. The van der Waals surface area contributed by atoms with E-state index in [0.717, 1.165) is 57.2 Å². The van der Waals surface area contributed by atoms with E-state index >= 15 is 0 Å². The standard InChI is InChI=1S/C22H38N4O3/c1-6-23-20(24-13-10-19-9-8-16-28-19)26-14-11-18(12-15-26)17-25(7-2)21(27)29-22(3,4)5/h8-9,16,18H,6-7,10-15,17H2,1-5H3,(H,23,24). The number of furan rings is 1. The number of piperidine rings is 1. The zero-order chi connectivity index (χ0) is 21.3. The minimum atomic E-state index is -0.458. The van der Waals surface area contributed by atoms with Crippen LogP contribution in [0, 0.1) is 5.92 Å². The lowest BCUT2D eigenvalue weighted by Gasteiger charge is -2.36. The number of hydrogen-bond donors (Lipinski definition) is 1. The number of guanidine groups is 1. The van der Waals surface area contributed by atoms with Crippen molar-refractivity contribution in [1.82, 2.24) is 15.1 Å². The van der Waals surface area contributed by atoms with Gasteiger partial charge in [-0.25, -0.2) is 4.79 Å². The molecule has 0 saturated carbocycles. The summed E-state index contributed by atoms with van der Waals surface area (Å²) in [5.41, 5.74) is -0.458. The van der Waals surface area contributed by atoms with Crippen molar-refractivity contribution < 1.29 is 13.9 Å². The Balaban J connectivity index is 1.84. The lowest BCUT2D eigenvalue weighted by Crippen LogP contribution is -2.48. The molecular formula is C22H38N4O3. The molecule has 0 aliphatic carbocycles. The molecule has 0 unspecified atom stereocenters. The lowest BCUT2D eigenvalue weighted by atomic mass is 9.96. The fraction of sp³-hybridized carbons (Fsp3) is 0.727. The van der Waals surface area contributed by atoms with Crippen molar-refractivity contribution in [2.24, 2.45) is 10.9 Å². The van der Waals surface area contributed by atoms with Gasteiger partial charge in [0.15, 0.2) is 5.96 Å². The molecule has 1 aliphatic rings. The highest BCUT2D eigenvalue weighted by Crippen LogP contribution is 2.20. The molecule has 2 heterocycles. The molecule has 164 valence electrons. The van der Waals surface area contributed by atoms with Crippen LogP contribution in [0.2, 0.25) is 0 Å². The number of carbonyl (C=O) groups is 1. The molecular weight excluding hydrogens is 368 g/mol. The van der Waals surface area contributed by atoms with Crippen LogP contribution >= 0.6 is 0 Å². The summed E-state index contributed by atoms with van der Waals surface area (Å²) in [6.45, 7) is 14.7. The number of carbonyl (C=O) groups excluding carboxylic acids is 1. The predicted octanol–water partition coefficient (Wildman–Crippen LogP) is 3.76. The van der Waals surface area contributed by atoms with E-state index in [1.165, 1.54) is 0 Å². The smallest absolute Gasteiger partial charge is 0.410 e. The molecule has 0 aromatic carbocycles. The van der Waals surface area contributed by atoms with Crippen LogP contribution in [0.4, 0.5) is 4.79 Å². The van der Waals surface area contributed by atoms with Crippen molar-refractivity contribution in [2.75, 3.05) is 39.3 Å². The van der Waals surface area contributed by atoms with Crippen LogP contribution in [0.25, 0.3) is 0 Å². The normalized spacial score (nSPS) is 16.0. The Morgan fingerprint density at radius 2 is 2.07 bits per heavy atom. The summed E-state index contributed by atoms with van der Waals surface area (Å²) in [4.78, 5) is 21.3. The average Bonchev–Trinajstić information content (AvgIpc) is 3.18. The minimum absolute atomic E-state index is 0.213. The number of nitrogens with one attached hydrogen (secondary N) is 1.